The Hall–Kier alpha value is -0.910. The fourth-order valence-corrected chi connectivity index (χ4v) is 2.58. The number of nitrogens with zero attached hydrogens (tertiary/aromatic N) is 2. The van der Waals surface area contributed by atoms with Crippen LogP contribution >= 0.6 is 28.3 Å². The molecule has 0 saturated carbocycles. The molecule has 0 spiro atoms. The molecule has 0 aliphatic carbocycles. The van der Waals surface area contributed by atoms with Crippen molar-refractivity contribution in [2.24, 2.45) is 0 Å². The molecule has 1 aromatic heterocycles. The second kappa shape index (κ2) is 6.50. The number of hydrogen-bond acceptors (Lipinski definition) is 4. The predicted molar refractivity (Wildman–Crippen MR) is 79.3 cm³/mol. The van der Waals surface area contributed by atoms with Gasteiger partial charge in [0.1, 0.15) is 0 Å². The van der Waals surface area contributed by atoms with Crippen molar-refractivity contribution in [3.63, 3.8) is 0 Å². The first-order valence-electron chi connectivity index (χ1n) is 6.16. The van der Waals surface area contributed by atoms with Crippen molar-refractivity contribution in [3.05, 3.63) is 34.6 Å². The third kappa shape index (κ3) is 3.35. The zero-order valence-electron chi connectivity index (χ0n) is 10.3. The molecule has 6 heteroatoms. The van der Waals surface area contributed by atoms with Gasteiger partial charge in [-0.1, -0.05) is 39.6 Å². The van der Waals surface area contributed by atoms with Crippen LogP contribution < -0.4 is 5.32 Å². The second-order valence-corrected chi connectivity index (χ2v) is 5.38. The number of aromatic nitrogens is 2. The predicted octanol–water partition coefficient (Wildman–Crippen LogP) is 3.74. The van der Waals surface area contributed by atoms with Gasteiger partial charge in [0, 0.05) is 10.0 Å². The minimum Gasteiger partial charge on any atom is -0.337 e. The normalized spacial score (nSPS) is 18.9. The van der Waals surface area contributed by atoms with Gasteiger partial charge in [-0.3, -0.25) is 0 Å². The maximum atomic E-state index is 5.36. The maximum Gasteiger partial charge on any atom is 0.244 e. The smallest absolute Gasteiger partial charge is 0.244 e. The quantitative estimate of drug-likeness (QED) is 0.902. The molecule has 0 bridgehead atoms. The molecule has 1 fully saturated rings. The Kier molecular flexibility index (Phi) is 4.96. The molecule has 1 atom stereocenters. The first-order valence-corrected chi connectivity index (χ1v) is 6.95. The Labute approximate surface area is 126 Å². The van der Waals surface area contributed by atoms with Gasteiger partial charge in [-0.05, 0) is 31.5 Å². The summed E-state index contributed by atoms with van der Waals surface area (Å²) in [6.45, 7) is 1.03. The summed E-state index contributed by atoms with van der Waals surface area (Å²) in [5.41, 5.74) is 0.968. The van der Waals surface area contributed by atoms with Gasteiger partial charge in [-0.15, -0.1) is 12.4 Å². The van der Waals surface area contributed by atoms with E-state index >= 15 is 0 Å². The Morgan fingerprint density at radius 2 is 2.21 bits per heavy atom. The van der Waals surface area contributed by atoms with Gasteiger partial charge in [0.25, 0.3) is 0 Å². The zero-order valence-corrected chi connectivity index (χ0v) is 12.7. The van der Waals surface area contributed by atoms with Crippen molar-refractivity contribution in [1.29, 1.82) is 0 Å². The molecule has 1 unspecified atom stereocenters. The van der Waals surface area contributed by atoms with E-state index in [1.165, 1.54) is 12.8 Å². The lowest BCUT2D eigenvalue weighted by molar-refractivity contribution is 0.297. The number of piperidine rings is 1. The van der Waals surface area contributed by atoms with Crippen LogP contribution in [0.15, 0.2) is 33.3 Å². The van der Waals surface area contributed by atoms with Crippen LogP contribution in [0.2, 0.25) is 0 Å². The van der Waals surface area contributed by atoms with E-state index in [1.54, 1.807) is 0 Å². The molecule has 0 amide bonds. The summed E-state index contributed by atoms with van der Waals surface area (Å²) in [6, 6.07) is 8.13. The molecule has 0 radical (unpaired) electrons. The second-order valence-electron chi connectivity index (χ2n) is 4.47. The first-order chi connectivity index (χ1) is 8.83. The molecule has 2 heterocycles. The van der Waals surface area contributed by atoms with Gasteiger partial charge in [-0.25, -0.2) is 0 Å². The van der Waals surface area contributed by atoms with Crippen molar-refractivity contribution in [3.8, 4) is 11.4 Å². The average molecular weight is 345 g/mol. The third-order valence-corrected chi connectivity index (χ3v) is 3.63. The standard InChI is InChI=1S/C13H14BrN3O.ClH/c14-10-5-3-4-9(8-10)12-16-13(18-17-12)11-6-1-2-7-15-11;/h3-5,8,11,15H,1-2,6-7H2;1H. The van der Waals surface area contributed by atoms with Gasteiger partial charge in [0.15, 0.2) is 0 Å². The summed E-state index contributed by atoms with van der Waals surface area (Å²) in [4.78, 5) is 4.48. The van der Waals surface area contributed by atoms with Crippen LogP contribution in [-0.2, 0) is 0 Å². The molecule has 1 aromatic carbocycles. The van der Waals surface area contributed by atoms with Gasteiger partial charge < -0.3 is 9.84 Å². The first kappa shape index (κ1) is 14.5. The SMILES string of the molecule is Brc1cccc(-c2noc(C3CCCCN3)n2)c1.Cl. The summed E-state index contributed by atoms with van der Waals surface area (Å²) in [6.07, 6.45) is 3.51. The van der Waals surface area contributed by atoms with E-state index in [-0.39, 0.29) is 18.4 Å². The minimum atomic E-state index is 0. The largest absolute Gasteiger partial charge is 0.337 e. The fraction of sp³-hybridized carbons (Fsp3) is 0.385. The lowest BCUT2D eigenvalue weighted by atomic mass is 10.1. The highest BCUT2D eigenvalue weighted by Crippen LogP contribution is 2.25. The molecule has 1 aliphatic rings. The minimum absolute atomic E-state index is 0. The van der Waals surface area contributed by atoms with Crippen LogP contribution in [-0.4, -0.2) is 16.7 Å². The van der Waals surface area contributed by atoms with Crippen LogP contribution in [0.3, 0.4) is 0 Å². The van der Waals surface area contributed by atoms with E-state index in [1.807, 2.05) is 24.3 Å². The molecule has 1 N–H and O–H groups in total. The van der Waals surface area contributed by atoms with Crippen LogP contribution in [0.4, 0.5) is 0 Å². The Morgan fingerprint density at radius 3 is 2.95 bits per heavy atom. The molecular formula is C13H15BrClN3O. The molecule has 4 nitrogen and oxygen atoms in total. The average Bonchev–Trinajstić information content (AvgIpc) is 2.89. The van der Waals surface area contributed by atoms with E-state index in [9.17, 15) is 0 Å². The Balaban J connectivity index is 0.00000133. The van der Waals surface area contributed by atoms with Crippen molar-refractivity contribution in [2.75, 3.05) is 6.54 Å². The molecule has 19 heavy (non-hydrogen) atoms. The van der Waals surface area contributed by atoms with E-state index < -0.39 is 0 Å². The number of rotatable bonds is 2. The van der Waals surface area contributed by atoms with Crippen molar-refractivity contribution < 1.29 is 4.52 Å². The van der Waals surface area contributed by atoms with Crippen LogP contribution in [0.25, 0.3) is 11.4 Å². The number of nitrogens with one attached hydrogen (secondary N) is 1. The lowest BCUT2D eigenvalue weighted by Gasteiger charge is -2.19. The van der Waals surface area contributed by atoms with Crippen LogP contribution in [0.1, 0.15) is 31.2 Å². The highest BCUT2D eigenvalue weighted by Gasteiger charge is 2.21. The van der Waals surface area contributed by atoms with Gasteiger partial charge in [0.2, 0.25) is 11.7 Å². The van der Waals surface area contributed by atoms with Gasteiger partial charge >= 0.3 is 0 Å². The highest BCUT2D eigenvalue weighted by atomic mass is 79.9. The van der Waals surface area contributed by atoms with E-state index in [2.05, 4.69) is 31.4 Å². The number of hydrogen-bond donors (Lipinski definition) is 1. The molecule has 102 valence electrons. The monoisotopic (exact) mass is 343 g/mol. The number of benzene rings is 1. The Morgan fingerprint density at radius 1 is 1.32 bits per heavy atom. The Bertz CT molecular complexity index is 540. The highest BCUT2D eigenvalue weighted by molar-refractivity contribution is 9.10. The molecule has 2 aromatic rings. The maximum absolute atomic E-state index is 5.36. The molecular weight excluding hydrogens is 330 g/mol. The van der Waals surface area contributed by atoms with E-state index in [4.69, 9.17) is 4.52 Å². The third-order valence-electron chi connectivity index (χ3n) is 3.13. The fourth-order valence-electron chi connectivity index (χ4n) is 2.18. The molecule has 1 saturated heterocycles. The van der Waals surface area contributed by atoms with Crippen molar-refractivity contribution in [1.82, 2.24) is 15.5 Å². The summed E-state index contributed by atoms with van der Waals surface area (Å²) in [7, 11) is 0. The topological polar surface area (TPSA) is 51.0 Å². The summed E-state index contributed by atoms with van der Waals surface area (Å²) >= 11 is 3.44. The summed E-state index contributed by atoms with van der Waals surface area (Å²) in [5, 5.41) is 7.46. The van der Waals surface area contributed by atoms with Gasteiger partial charge in [-0.2, -0.15) is 4.98 Å². The summed E-state index contributed by atoms with van der Waals surface area (Å²) < 4.78 is 6.38. The van der Waals surface area contributed by atoms with Crippen LogP contribution in [0, 0.1) is 0 Å². The van der Waals surface area contributed by atoms with Crippen LogP contribution in [0.5, 0.6) is 0 Å². The molecule has 1 aliphatic heterocycles. The van der Waals surface area contributed by atoms with Gasteiger partial charge in [0.05, 0.1) is 6.04 Å². The lowest BCUT2D eigenvalue weighted by Crippen LogP contribution is -2.26. The zero-order chi connectivity index (χ0) is 12.4. The van der Waals surface area contributed by atoms with Crippen molar-refractivity contribution in [2.45, 2.75) is 25.3 Å². The van der Waals surface area contributed by atoms with E-state index in [0.29, 0.717) is 11.7 Å². The van der Waals surface area contributed by atoms with Crippen molar-refractivity contribution >= 4 is 28.3 Å². The molecule has 3 rings (SSSR count). The van der Waals surface area contributed by atoms with E-state index in [0.717, 1.165) is 23.0 Å². The number of halogens is 2. The summed E-state index contributed by atoms with van der Waals surface area (Å²) in [5.74, 6) is 1.35.